The second-order valence-electron chi connectivity index (χ2n) is 8.75. The average molecular weight is 376 g/mol. The van der Waals surface area contributed by atoms with Crippen LogP contribution in [0.1, 0.15) is 69.8 Å². The van der Waals surface area contributed by atoms with Crippen molar-refractivity contribution < 1.29 is 4.79 Å². The number of hydrogen-bond donors (Lipinski definition) is 0. The van der Waals surface area contributed by atoms with Crippen LogP contribution in [0.25, 0.3) is 0 Å². The maximum atomic E-state index is 13.3. The summed E-state index contributed by atoms with van der Waals surface area (Å²) < 4.78 is 0. The van der Waals surface area contributed by atoms with Crippen LogP contribution in [0, 0.1) is 17.8 Å². The van der Waals surface area contributed by atoms with Gasteiger partial charge >= 0.3 is 0 Å². The summed E-state index contributed by atoms with van der Waals surface area (Å²) in [5.74, 6) is 1.29. The Bertz CT molecular complexity index is 746. The summed E-state index contributed by atoms with van der Waals surface area (Å²) >= 11 is 0. The molecule has 28 heavy (non-hydrogen) atoms. The highest BCUT2D eigenvalue weighted by Crippen LogP contribution is 2.36. The second kappa shape index (κ2) is 9.49. The zero-order valence-corrected chi connectivity index (χ0v) is 17.0. The van der Waals surface area contributed by atoms with Crippen molar-refractivity contribution in [3.63, 3.8) is 0 Å². The summed E-state index contributed by atoms with van der Waals surface area (Å²) in [4.78, 5) is 18.5. The highest BCUT2D eigenvalue weighted by atomic mass is 16.1. The number of Topliss-reactive ketones (excluding diaryl/α,β-unsaturated/α-hetero) is 1. The van der Waals surface area contributed by atoms with Crippen LogP contribution in [0.5, 0.6) is 0 Å². The predicted molar refractivity (Wildman–Crippen MR) is 116 cm³/mol. The largest absolute Gasteiger partial charge is 0.294 e. The van der Waals surface area contributed by atoms with Crippen molar-refractivity contribution in [1.29, 1.82) is 0 Å². The normalized spacial score (nSPS) is 24.4. The Morgan fingerprint density at radius 1 is 0.857 bits per heavy atom. The summed E-state index contributed by atoms with van der Waals surface area (Å²) in [5, 5.41) is 0. The van der Waals surface area contributed by atoms with Gasteiger partial charge in [0.25, 0.3) is 0 Å². The molecule has 0 aromatic heterocycles. The van der Waals surface area contributed by atoms with Crippen LogP contribution in [0.15, 0.2) is 59.1 Å². The minimum Gasteiger partial charge on any atom is -0.294 e. The van der Waals surface area contributed by atoms with Gasteiger partial charge in [0, 0.05) is 23.1 Å². The van der Waals surface area contributed by atoms with Crippen molar-refractivity contribution in [3.05, 3.63) is 59.7 Å². The fourth-order valence-electron chi connectivity index (χ4n) is 5.22. The van der Waals surface area contributed by atoms with Crippen molar-refractivity contribution in [2.75, 3.05) is 0 Å². The maximum Gasteiger partial charge on any atom is 0.162 e. The molecule has 148 valence electrons. The van der Waals surface area contributed by atoms with Crippen LogP contribution in [0.4, 0.5) is 0 Å². The van der Waals surface area contributed by atoms with Gasteiger partial charge in [-0.25, -0.2) is 0 Å². The van der Waals surface area contributed by atoms with Gasteiger partial charge in [0.15, 0.2) is 5.78 Å². The van der Waals surface area contributed by atoms with Crippen molar-refractivity contribution in [2.45, 2.75) is 70.8 Å². The van der Waals surface area contributed by atoms with E-state index in [4.69, 9.17) is 4.99 Å². The molecule has 1 unspecified atom stereocenters. The van der Waals surface area contributed by atoms with Gasteiger partial charge < -0.3 is 0 Å². The highest BCUT2D eigenvalue weighted by Gasteiger charge is 2.34. The quantitative estimate of drug-likeness (QED) is 0.524. The minimum absolute atomic E-state index is 0.112. The lowest BCUT2D eigenvalue weighted by atomic mass is 9.76. The van der Waals surface area contributed by atoms with Gasteiger partial charge in [-0.05, 0) is 37.2 Å². The van der Waals surface area contributed by atoms with Gasteiger partial charge in [0.05, 0.1) is 6.54 Å². The number of benzene rings is 1. The monoisotopic (exact) mass is 375 g/mol. The third-order valence-electron chi connectivity index (χ3n) is 6.80. The molecule has 2 nitrogen and oxygen atoms in total. The number of carbonyl (C=O) groups excluding carboxylic acids is 1. The molecule has 2 heteroatoms. The smallest absolute Gasteiger partial charge is 0.162 e. The third-order valence-corrected chi connectivity index (χ3v) is 6.80. The van der Waals surface area contributed by atoms with E-state index in [9.17, 15) is 4.79 Å². The standard InChI is InChI=1S/C26H33NO/c28-26(22-15-8-3-9-16-22)24-18-10-17-23(24)25(21-13-6-2-7-14-21)27-19-20-11-4-1-5-12-20/h1,4-5,10-12,17-18,21-23H,2-3,6-9,13-16,19H2. The van der Waals surface area contributed by atoms with E-state index in [-0.39, 0.29) is 11.8 Å². The number of allylic oxidation sites excluding steroid dienone is 4. The van der Waals surface area contributed by atoms with Gasteiger partial charge in [-0.15, -0.1) is 0 Å². The number of hydrogen-bond acceptors (Lipinski definition) is 2. The van der Waals surface area contributed by atoms with E-state index in [0.717, 1.165) is 25.0 Å². The first-order valence-corrected chi connectivity index (χ1v) is 11.3. The first-order valence-electron chi connectivity index (χ1n) is 11.3. The summed E-state index contributed by atoms with van der Waals surface area (Å²) in [6.45, 7) is 0.724. The number of carbonyl (C=O) groups is 1. The molecule has 1 atom stereocenters. The molecular formula is C26H33NO. The number of ketones is 1. The zero-order valence-electron chi connectivity index (χ0n) is 17.0. The molecule has 3 aliphatic carbocycles. The third kappa shape index (κ3) is 4.54. The first kappa shape index (κ1) is 19.4. The van der Waals surface area contributed by atoms with Crippen LogP contribution in [0.3, 0.4) is 0 Å². The minimum atomic E-state index is 0.112. The second-order valence-corrected chi connectivity index (χ2v) is 8.75. The van der Waals surface area contributed by atoms with Gasteiger partial charge in [-0.3, -0.25) is 9.79 Å². The first-order chi connectivity index (χ1) is 13.8. The van der Waals surface area contributed by atoms with Crippen molar-refractivity contribution in [3.8, 4) is 0 Å². The summed E-state index contributed by atoms with van der Waals surface area (Å²) in [7, 11) is 0. The molecule has 0 aliphatic heterocycles. The molecule has 2 saturated carbocycles. The Labute approximate surface area is 169 Å². The van der Waals surface area contributed by atoms with E-state index < -0.39 is 0 Å². The summed E-state index contributed by atoms with van der Waals surface area (Å²) in [5.41, 5.74) is 3.54. The van der Waals surface area contributed by atoms with Crippen LogP contribution < -0.4 is 0 Å². The molecule has 0 N–H and O–H groups in total. The molecule has 0 spiro atoms. The predicted octanol–water partition coefficient (Wildman–Crippen LogP) is 6.47. The van der Waals surface area contributed by atoms with Crippen LogP contribution >= 0.6 is 0 Å². The van der Waals surface area contributed by atoms with E-state index in [2.05, 4.69) is 48.6 Å². The average Bonchev–Trinajstić information content (AvgIpc) is 3.25. The van der Waals surface area contributed by atoms with Crippen molar-refractivity contribution in [2.24, 2.45) is 22.7 Å². The summed E-state index contributed by atoms with van der Waals surface area (Å²) in [6.07, 6.45) is 18.6. The van der Waals surface area contributed by atoms with E-state index in [0.29, 0.717) is 11.7 Å². The van der Waals surface area contributed by atoms with Crippen molar-refractivity contribution >= 4 is 11.5 Å². The molecule has 0 heterocycles. The molecule has 0 amide bonds. The van der Waals surface area contributed by atoms with E-state index in [1.54, 1.807) is 0 Å². The lowest BCUT2D eigenvalue weighted by molar-refractivity contribution is -0.120. The zero-order chi connectivity index (χ0) is 19.2. The molecule has 4 rings (SSSR count). The van der Waals surface area contributed by atoms with Crippen LogP contribution in [-0.4, -0.2) is 11.5 Å². The molecular weight excluding hydrogens is 342 g/mol. The molecule has 2 fully saturated rings. The van der Waals surface area contributed by atoms with Crippen molar-refractivity contribution in [1.82, 2.24) is 0 Å². The Kier molecular flexibility index (Phi) is 6.57. The van der Waals surface area contributed by atoms with Crippen LogP contribution in [-0.2, 0) is 11.3 Å². The van der Waals surface area contributed by atoms with E-state index in [1.165, 1.54) is 62.6 Å². The molecule has 0 saturated heterocycles. The number of aliphatic imine (C=N–C) groups is 1. The fourth-order valence-corrected chi connectivity index (χ4v) is 5.22. The lowest BCUT2D eigenvalue weighted by Crippen LogP contribution is -2.30. The molecule has 1 aromatic rings. The lowest BCUT2D eigenvalue weighted by Gasteiger charge is -2.29. The molecule has 3 aliphatic rings. The number of rotatable bonds is 6. The Balaban J connectivity index is 1.56. The Hall–Kier alpha value is -1.96. The molecule has 0 radical (unpaired) electrons. The molecule has 1 aromatic carbocycles. The van der Waals surface area contributed by atoms with Gasteiger partial charge in [-0.2, -0.15) is 0 Å². The topological polar surface area (TPSA) is 29.4 Å². The van der Waals surface area contributed by atoms with Gasteiger partial charge in [-0.1, -0.05) is 87.1 Å². The fraction of sp³-hybridized carbons (Fsp3) is 0.538. The Morgan fingerprint density at radius 3 is 2.18 bits per heavy atom. The Morgan fingerprint density at radius 2 is 1.50 bits per heavy atom. The van der Waals surface area contributed by atoms with Gasteiger partial charge in [0.1, 0.15) is 0 Å². The molecule has 0 bridgehead atoms. The SMILES string of the molecule is O=C(C1=CC=CC1C(=NCc1ccccc1)C1CCCCC1)C1CCCCC1. The van der Waals surface area contributed by atoms with E-state index >= 15 is 0 Å². The van der Waals surface area contributed by atoms with E-state index in [1.807, 2.05) is 0 Å². The van der Waals surface area contributed by atoms with Gasteiger partial charge in [0.2, 0.25) is 0 Å². The number of nitrogens with zero attached hydrogens (tertiary/aromatic N) is 1. The maximum absolute atomic E-state index is 13.3. The van der Waals surface area contributed by atoms with Crippen LogP contribution in [0.2, 0.25) is 0 Å². The summed E-state index contributed by atoms with van der Waals surface area (Å²) in [6, 6.07) is 10.5. The highest BCUT2D eigenvalue weighted by molar-refractivity contribution is 6.07.